The van der Waals surface area contributed by atoms with E-state index in [9.17, 15) is 9.59 Å². The molecule has 2 aliphatic rings. The van der Waals surface area contributed by atoms with Gasteiger partial charge in [-0.05, 0) is 23.8 Å². The monoisotopic (exact) mass is 415 g/mol. The van der Waals surface area contributed by atoms with E-state index < -0.39 is 6.04 Å². The lowest BCUT2D eigenvalue weighted by Gasteiger charge is -2.44. The maximum Gasteiger partial charge on any atom is 0.410 e. The van der Waals surface area contributed by atoms with Crippen molar-refractivity contribution in [3.8, 4) is 0 Å². The number of carbonyl (C=O) groups is 2. The number of hydrogen-bond donors (Lipinski definition) is 1. The summed E-state index contributed by atoms with van der Waals surface area (Å²) in [6.07, 6.45) is -0.386. The highest BCUT2D eigenvalue weighted by atomic mass is 79.9. The average Bonchev–Trinajstić information content (AvgIpc) is 2.66. The van der Waals surface area contributed by atoms with Crippen LogP contribution in [0.2, 0.25) is 0 Å². The van der Waals surface area contributed by atoms with Crippen LogP contribution >= 0.6 is 15.9 Å². The van der Waals surface area contributed by atoms with Crippen molar-refractivity contribution in [3.63, 3.8) is 0 Å². The van der Waals surface area contributed by atoms with Crippen LogP contribution in [0.1, 0.15) is 5.56 Å². The largest absolute Gasteiger partial charge is 0.445 e. The van der Waals surface area contributed by atoms with Gasteiger partial charge in [-0.1, -0.05) is 46.3 Å². The zero-order chi connectivity index (χ0) is 18.1. The normalized spacial score (nSPS) is 18.7. The van der Waals surface area contributed by atoms with E-state index >= 15 is 0 Å². The summed E-state index contributed by atoms with van der Waals surface area (Å²) in [5.74, 6) is -0.101. The molecular weight excluding hydrogens is 398 g/mol. The number of rotatable bonds is 2. The molecule has 1 fully saturated rings. The maximum atomic E-state index is 12.5. The predicted molar refractivity (Wildman–Crippen MR) is 102 cm³/mol. The molecule has 7 heteroatoms. The summed E-state index contributed by atoms with van der Waals surface area (Å²) in [5, 5.41) is 2.93. The zero-order valence-corrected chi connectivity index (χ0v) is 15.6. The fraction of sp³-hybridized carbons (Fsp3) is 0.263. The third-order valence-electron chi connectivity index (χ3n) is 4.67. The highest BCUT2D eigenvalue weighted by Gasteiger charge is 2.39. The molecule has 2 aliphatic heterocycles. The lowest BCUT2D eigenvalue weighted by atomic mass is 10.1. The molecule has 2 heterocycles. The number of hydrogen-bond acceptors (Lipinski definition) is 4. The Hall–Kier alpha value is -2.54. The maximum absolute atomic E-state index is 12.5. The predicted octanol–water partition coefficient (Wildman–Crippen LogP) is 3.23. The van der Waals surface area contributed by atoms with Crippen molar-refractivity contribution >= 4 is 39.3 Å². The topological polar surface area (TPSA) is 61.9 Å². The number of piperazine rings is 1. The Bertz CT molecular complexity index is 843. The first-order valence-electron chi connectivity index (χ1n) is 8.44. The standard InChI is InChI=1S/C19H18BrN3O3/c20-14-6-7-16-15(10-14)21-18(24)17-11-22(8-9-23(16)17)19(25)26-12-13-4-2-1-3-5-13/h1-7,10,17H,8-9,11-12H2,(H,21,24). The number of carbonyl (C=O) groups excluding carboxylic acids is 2. The first-order chi connectivity index (χ1) is 12.6. The van der Waals surface area contributed by atoms with Crippen molar-refractivity contribution in [2.45, 2.75) is 12.6 Å². The van der Waals surface area contributed by atoms with Crippen molar-refractivity contribution in [1.29, 1.82) is 0 Å². The van der Waals surface area contributed by atoms with Gasteiger partial charge in [0.05, 0.1) is 17.9 Å². The third-order valence-corrected chi connectivity index (χ3v) is 5.17. The lowest BCUT2D eigenvalue weighted by molar-refractivity contribution is -0.118. The smallest absolute Gasteiger partial charge is 0.410 e. The average molecular weight is 416 g/mol. The summed E-state index contributed by atoms with van der Waals surface area (Å²) in [4.78, 5) is 28.6. The van der Waals surface area contributed by atoms with E-state index in [4.69, 9.17) is 4.74 Å². The molecule has 0 radical (unpaired) electrons. The van der Waals surface area contributed by atoms with Crippen molar-refractivity contribution in [3.05, 3.63) is 58.6 Å². The number of fused-ring (bicyclic) bond motifs is 3. The molecule has 2 amide bonds. The number of nitrogens with one attached hydrogen (secondary N) is 1. The van der Waals surface area contributed by atoms with Crippen molar-refractivity contribution in [2.75, 3.05) is 29.9 Å². The summed E-state index contributed by atoms with van der Waals surface area (Å²) in [6, 6.07) is 15.0. The van der Waals surface area contributed by atoms with Crippen LogP contribution in [0.4, 0.5) is 16.2 Å². The first-order valence-corrected chi connectivity index (χ1v) is 9.24. The minimum atomic E-state index is -0.401. The number of amides is 2. The first kappa shape index (κ1) is 16.9. The minimum absolute atomic E-state index is 0.101. The Balaban J connectivity index is 1.43. The third kappa shape index (κ3) is 3.26. The van der Waals surface area contributed by atoms with E-state index in [1.807, 2.05) is 48.5 Å². The molecule has 0 aromatic heterocycles. The van der Waals surface area contributed by atoms with Crippen molar-refractivity contribution in [2.24, 2.45) is 0 Å². The fourth-order valence-corrected chi connectivity index (χ4v) is 3.71. The van der Waals surface area contributed by atoms with Gasteiger partial charge in [-0.25, -0.2) is 4.79 Å². The van der Waals surface area contributed by atoms with Crippen LogP contribution in [0.5, 0.6) is 0 Å². The molecule has 0 bridgehead atoms. The molecule has 1 unspecified atom stereocenters. The molecule has 1 atom stereocenters. The second-order valence-electron chi connectivity index (χ2n) is 6.35. The molecule has 2 aromatic carbocycles. The molecule has 1 saturated heterocycles. The van der Waals surface area contributed by atoms with E-state index in [2.05, 4.69) is 26.1 Å². The Morgan fingerprint density at radius 2 is 2.00 bits per heavy atom. The molecule has 6 nitrogen and oxygen atoms in total. The lowest BCUT2D eigenvalue weighted by Crippen LogP contribution is -2.61. The zero-order valence-electron chi connectivity index (χ0n) is 14.0. The fourth-order valence-electron chi connectivity index (χ4n) is 3.35. The van der Waals surface area contributed by atoms with Crippen molar-refractivity contribution < 1.29 is 14.3 Å². The van der Waals surface area contributed by atoms with Gasteiger partial charge in [0.2, 0.25) is 5.91 Å². The molecule has 26 heavy (non-hydrogen) atoms. The van der Waals surface area contributed by atoms with E-state index in [-0.39, 0.29) is 18.6 Å². The number of benzene rings is 2. The van der Waals surface area contributed by atoms with Crippen LogP contribution in [0.15, 0.2) is 53.0 Å². The minimum Gasteiger partial charge on any atom is -0.445 e. The quantitative estimate of drug-likeness (QED) is 0.817. The van der Waals surface area contributed by atoms with Crippen molar-refractivity contribution in [1.82, 2.24) is 4.90 Å². The molecular formula is C19H18BrN3O3. The summed E-state index contributed by atoms with van der Waals surface area (Å²) in [6.45, 7) is 1.66. The second-order valence-corrected chi connectivity index (χ2v) is 7.26. The van der Waals surface area contributed by atoms with Gasteiger partial charge in [-0.2, -0.15) is 0 Å². The highest BCUT2D eigenvalue weighted by molar-refractivity contribution is 9.10. The molecule has 1 N–H and O–H groups in total. The van der Waals surface area contributed by atoms with Gasteiger partial charge in [-0.3, -0.25) is 4.79 Å². The SMILES string of the molecule is O=C1Nc2cc(Br)ccc2N2CCN(C(=O)OCc3ccccc3)CC12. The van der Waals surface area contributed by atoms with E-state index in [0.717, 1.165) is 21.4 Å². The molecule has 0 aliphatic carbocycles. The van der Waals surface area contributed by atoms with Crippen LogP contribution in [0.25, 0.3) is 0 Å². The molecule has 0 saturated carbocycles. The number of nitrogens with zero attached hydrogens (tertiary/aromatic N) is 2. The van der Waals surface area contributed by atoms with Gasteiger partial charge in [0.1, 0.15) is 12.6 Å². The Morgan fingerprint density at radius 3 is 2.81 bits per heavy atom. The molecule has 134 valence electrons. The van der Waals surface area contributed by atoms with Gasteiger partial charge in [0.25, 0.3) is 0 Å². The van der Waals surface area contributed by atoms with Gasteiger partial charge >= 0.3 is 6.09 Å². The molecule has 0 spiro atoms. The number of halogens is 1. The van der Waals surface area contributed by atoms with Crippen LogP contribution < -0.4 is 10.2 Å². The van der Waals surface area contributed by atoms with Gasteiger partial charge in [0.15, 0.2) is 0 Å². The van der Waals surface area contributed by atoms with Crippen LogP contribution in [-0.2, 0) is 16.1 Å². The van der Waals surface area contributed by atoms with Crippen LogP contribution in [0.3, 0.4) is 0 Å². The molecule has 2 aromatic rings. The van der Waals surface area contributed by atoms with E-state index in [1.54, 1.807) is 4.90 Å². The van der Waals surface area contributed by atoms with E-state index in [0.29, 0.717) is 19.6 Å². The molecule has 4 rings (SSSR count). The summed E-state index contributed by atoms with van der Waals surface area (Å²) in [5.41, 5.74) is 2.71. The number of anilines is 2. The Morgan fingerprint density at radius 1 is 1.19 bits per heavy atom. The summed E-state index contributed by atoms with van der Waals surface area (Å²) >= 11 is 3.42. The Kier molecular flexibility index (Phi) is 4.55. The summed E-state index contributed by atoms with van der Waals surface area (Å²) < 4.78 is 6.31. The van der Waals surface area contributed by atoms with Crippen LogP contribution in [-0.4, -0.2) is 42.6 Å². The second kappa shape index (κ2) is 6.99. The van der Waals surface area contributed by atoms with Gasteiger partial charge in [0, 0.05) is 17.6 Å². The van der Waals surface area contributed by atoms with Gasteiger partial charge < -0.3 is 19.9 Å². The van der Waals surface area contributed by atoms with Gasteiger partial charge in [-0.15, -0.1) is 0 Å². The van der Waals surface area contributed by atoms with Crippen LogP contribution in [0, 0.1) is 0 Å². The highest BCUT2D eigenvalue weighted by Crippen LogP contribution is 2.35. The Labute approximate surface area is 159 Å². The van der Waals surface area contributed by atoms with E-state index in [1.165, 1.54) is 0 Å². The summed E-state index contributed by atoms with van der Waals surface area (Å²) in [7, 11) is 0. The number of ether oxygens (including phenoxy) is 1.